The molecule has 0 unspecified atom stereocenters. The fourth-order valence-corrected chi connectivity index (χ4v) is 3.03. The smallest absolute Gasteiger partial charge is 0.313 e. The van der Waals surface area contributed by atoms with E-state index in [0.717, 1.165) is 5.71 Å². The van der Waals surface area contributed by atoms with Crippen molar-refractivity contribution in [3.63, 3.8) is 0 Å². The Kier molecular flexibility index (Phi) is 10.4. The molecule has 0 bridgehead atoms. The zero-order valence-electron chi connectivity index (χ0n) is 19.7. The van der Waals surface area contributed by atoms with Gasteiger partial charge in [0.2, 0.25) is 0 Å². The zero-order valence-corrected chi connectivity index (χ0v) is 19.7. The second-order valence-electron chi connectivity index (χ2n) is 7.65. The summed E-state index contributed by atoms with van der Waals surface area (Å²) in [5.74, 6) is -4.30. The molecule has 1 aliphatic heterocycles. The number of ether oxygens (including phenoxy) is 1. The van der Waals surface area contributed by atoms with Gasteiger partial charge in [0.1, 0.15) is 31.8 Å². The molecule has 0 atom stereocenters. The van der Waals surface area contributed by atoms with Crippen molar-refractivity contribution in [2.24, 2.45) is 10.9 Å². The molecule has 12 nitrogen and oxygen atoms in total. The first-order valence-corrected chi connectivity index (χ1v) is 10.7. The maximum atomic E-state index is 14.8. The summed E-state index contributed by atoms with van der Waals surface area (Å²) in [6.45, 7) is 0.494. The van der Waals surface area contributed by atoms with E-state index in [1.165, 1.54) is 31.5 Å². The number of carboxylic acids is 2. The SMILES string of the molecule is CON=C1CN(c2ncc(-c3cccc(COC(=O)CC(=N)N)c3F)cc2F)C1.O=C(O)CCC(=O)O. The first-order chi connectivity index (χ1) is 17.5. The van der Waals surface area contributed by atoms with Crippen molar-refractivity contribution in [2.45, 2.75) is 25.9 Å². The Morgan fingerprint density at radius 3 is 2.38 bits per heavy atom. The summed E-state index contributed by atoms with van der Waals surface area (Å²) >= 11 is 0. The number of aromatic nitrogens is 1. The van der Waals surface area contributed by atoms with E-state index in [0.29, 0.717) is 13.1 Å². The number of amidine groups is 1. The lowest BCUT2D eigenvalue weighted by molar-refractivity contribution is -0.143. The van der Waals surface area contributed by atoms with Gasteiger partial charge < -0.3 is 30.4 Å². The van der Waals surface area contributed by atoms with Crippen LogP contribution in [0.4, 0.5) is 14.6 Å². The number of pyridine rings is 1. The summed E-state index contributed by atoms with van der Waals surface area (Å²) in [7, 11) is 1.44. The molecule has 1 aliphatic rings. The van der Waals surface area contributed by atoms with Crippen molar-refractivity contribution in [2.75, 3.05) is 25.1 Å². The number of carboxylic acid groups (broad SMARTS) is 2. The predicted octanol–water partition coefficient (Wildman–Crippen LogP) is 2.15. The van der Waals surface area contributed by atoms with Crippen LogP contribution in [0, 0.1) is 17.0 Å². The van der Waals surface area contributed by atoms with Crippen LogP contribution in [0.25, 0.3) is 11.1 Å². The third-order valence-electron chi connectivity index (χ3n) is 4.75. The number of rotatable bonds is 10. The molecule has 0 saturated carbocycles. The molecule has 2 aromatic rings. The number of anilines is 1. The van der Waals surface area contributed by atoms with Gasteiger partial charge in [-0.3, -0.25) is 19.8 Å². The number of carbonyl (C=O) groups is 3. The van der Waals surface area contributed by atoms with E-state index >= 15 is 0 Å². The van der Waals surface area contributed by atoms with E-state index in [2.05, 4.69) is 15.0 Å². The molecule has 1 fully saturated rings. The summed E-state index contributed by atoms with van der Waals surface area (Å²) in [5, 5.41) is 26.6. The molecule has 14 heteroatoms. The van der Waals surface area contributed by atoms with Crippen molar-refractivity contribution in [3.8, 4) is 11.1 Å². The minimum atomic E-state index is -1.08. The standard InChI is InChI=1S/C19H19F2N5O3.C4H6O4/c1-28-25-13-8-26(9-13)19-15(20)5-12(7-24-19)14-4-2-3-11(18(14)21)10-29-17(27)6-16(22)23;5-3(6)1-2-4(7)8/h2-5,7H,6,8-10H2,1H3,(H3,22,23);1-2H2,(H,5,6)(H,7,8). The number of aliphatic carboxylic acids is 2. The molecule has 0 radical (unpaired) electrons. The summed E-state index contributed by atoms with van der Waals surface area (Å²) < 4.78 is 34.3. The average Bonchev–Trinajstić information content (AvgIpc) is 2.79. The highest BCUT2D eigenvalue weighted by atomic mass is 19.1. The monoisotopic (exact) mass is 521 g/mol. The second kappa shape index (κ2) is 13.5. The first kappa shape index (κ1) is 28.6. The number of nitrogens with zero attached hydrogens (tertiary/aromatic N) is 3. The fourth-order valence-electron chi connectivity index (χ4n) is 3.03. The van der Waals surface area contributed by atoms with Gasteiger partial charge in [-0.2, -0.15) is 0 Å². The zero-order chi connectivity index (χ0) is 27.5. The number of benzene rings is 1. The highest BCUT2D eigenvalue weighted by Gasteiger charge is 2.27. The molecule has 1 saturated heterocycles. The van der Waals surface area contributed by atoms with E-state index < -0.39 is 29.5 Å². The van der Waals surface area contributed by atoms with E-state index in [4.69, 9.17) is 26.1 Å². The Hall–Kier alpha value is -4.62. The first-order valence-electron chi connectivity index (χ1n) is 10.7. The number of halogens is 2. The third-order valence-corrected chi connectivity index (χ3v) is 4.75. The van der Waals surface area contributed by atoms with Crippen molar-refractivity contribution in [3.05, 3.63) is 47.7 Å². The molecule has 0 aliphatic carbocycles. The van der Waals surface area contributed by atoms with Crippen LogP contribution in [-0.4, -0.2) is 64.9 Å². The molecule has 1 aromatic carbocycles. The topological polar surface area (TPSA) is 188 Å². The Balaban J connectivity index is 0.000000521. The number of oxime groups is 1. The number of hydrogen-bond acceptors (Lipinski definition) is 9. The van der Waals surface area contributed by atoms with Crippen molar-refractivity contribution < 1.29 is 43.0 Å². The highest BCUT2D eigenvalue weighted by Crippen LogP contribution is 2.29. The number of nitrogens with two attached hydrogens (primary N) is 1. The lowest BCUT2D eigenvalue weighted by atomic mass is 10.0. The number of hydrogen-bond donors (Lipinski definition) is 4. The van der Waals surface area contributed by atoms with Crippen LogP contribution in [0.1, 0.15) is 24.8 Å². The maximum absolute atomic E-state index is 14.8. The molecule has 1 aromatic heterocycles. The van der Waals surface area contributed by atoms with Gasteiger partial charge in [0.25, 0.3) is 0 Å². The van der Waals surface area contributed by atoms with Crippen LogP contribution in [0.15, 0.2) is 35.6 Å². The average molecular weight is 521 g/mol. The molecular formula is C23H25F2N5O7. The quantitative estimate of drug-likeness (QED) is 0.156. The van der Waals surface area contributed by atoms with Gasteiger partial charge in [0.15, 0.2) is 11.6 Å². The molecule has 0 spiro atoms. The number of esters is 1. The lowest BCUT2D eigenvalue weighted by Crippen LogP contribution is -2.48. The molecule has 37 heavy (non-hydrogen) atoms. The summed E-state index contributed by atoms with van der Waals surface area (Å²) in [6, 6.07) is 5.72. The van der Waals surface area contributed by atoms with Crippen LogP contribution in [0.2, 0.25) is 0 Å². The molecule has 5 N–H and O–H groups in total. The maximum Gasteiger partial charge on any atom is 0.313 e. The van der Waals surface area contributed by atoms with Gasteiger partial charge in [0, 0.05) is 22.9 Å². The lowest BCUT2D eigenvalue weighted by Gasteiger charge is -2.33. The second-order valence-corrected chi connectivity index (χ2v) is 7.65. The third kappa shape index (κ3) is 8.83. The van der Waals surface area contributed by atoms with Gasteiger partial charge in [-0.15, -0.1) is 0 Å². The van der Waals surface area contributed by atoms with E-state index in [9.17, 15) is 23.2 Å². The Morgan fingerprint density at radius 2 is 1.84 bits per heavy atom. The van der Waals surface area contributed by atoms with Crippen molar-refractivity contribution >= 4 is 35.3 Å². The summed E-state index contributed by atoms with van der Waals surface area (Å²) in [6.07, 6.45) is 0.420. The Labute approximate surface area is 209 Å². The highest BCUT2D eigenvalue weighted by molar-refractivity contribution is 5.99. The fraction of sp³-hybridized carbons (Fsp3) is 0.304. The van der Waals surface area contributed by atoms with Gasteiger partial charge in [0.05, 0.1) is 31.6 Å². The summed E-state index contributed by atoms with van der Waals surface area (Å²) in [4.78, 5) is 41.2. The van der Waals surface area contributed by atoms with Crippen LogP contribution in [0.3, 0.4) is 0 Å². The van der Waals surface area contributed by atoms with Gasteiger partial charge in [-0.1, -0.05) is 23.4 Å². The van der Waals surface area contributed by atoms with Crippen LogP contribution in [-0.2, 0) is 30.6 Å². The Bertz CT molecular complexity index is 1180. The van der Waals surface area contributed by atoms with Crippen molar-refractivity contribution in [1.82, 2.24) is 4.98 Å². The largest absolute Gasteiger partial charge is 0.481 e. The minimum Gasteiger partial charge on any atom is -0.481 e. The van der Waals surface area contributed by atoms with Crippen LogP contribution >= 0.6 is 0 Å². The van der Waals surface area contributed by atoms with Gasteiger partial charge >= 0.3 is 17.9 Å². The molecule has 0 amide bonds. The minimum absolute atomic E-state index is 0.118. The molecular weight excluding hydrogens is 496 g/mol. The number of nitrogens with one attached hydrogen (secondary N) is 1. The van der Waals surface area contributed by atoms with Gasteiger partial charge in [-0.25, -0.2) is 13.8 Å². The normalized spacial score (nSPS) is 12.0. The molecule has 198 valence electrons. The predicted molar refractivity (Wildman–Crippen MR) is 127 cm³/mol. The Morgan fingerprint density at radius 1 is 1.19 bits per heavy atom. The van der Waals surface area contributed by atoms with Crippen LogP contribution in [0.5, 0.6) is 0 Å². The molecule has 2 heterocycles. The molecule has 3 rings (SSSR count). The van der Waals surface area contributed by atoms with Gasteiger partial charge in [-0.05, 0) is 6.07 Å². The van der Waals surface area contributed by atoms with E-state index in [1.807, 2.05) is 0 Å². The van der Waals surface area contributed by atoms with E-state index in [-0.39, 0.29) is 54.2 Å². The number of carbonyl (C=O) groups excluding carboxylic acids is 1. The van der Waals surface area contributed by atoms with Crippen molar-refractivity contribution in [1.29, 1.82) is 5.41 Å². The summed E-state index contributed by atoms with van der Waals surface area (Å²) in [5.41, 5.74) is 6.41. The van der Waals surface area contributed by atoms with Crippen LogP contribution < -0.4 is 10.6 Å². The van der Waals surface area contributed by atoms with E-state index in [1.54, 1.807) is 11.0 Å².